The summed E-state index contributed by atoms with van der Waals surface area (Å²) in [6.07, 6.45) is 0. The number of amides is 1. The lowest BCUT2D eigenvalue weighted by molar-refractivity contribution is -0.0498. The lowest BCUT2D eigenvalue weighted by Crippen LogP contribution is -2.30. The number of carbonyl (C=O) groups is 1. The molecule has 1 aromatic carbocycles. The number of hydrogen-bond donors (Lipinski definition) is 0. The van der Waals surface area contributed by atoms with Gasteiger partial charge in [-0.2, -0.15) is 8.78 Å². The van der Waals surface area contributed by atoms with Gasteiger partial charge in [-0.1, -0.05) is 17.3 Å². The van der Waals surface area contributed by atoms with E-state index >= 15 is 0 Å². The van der Waals surface area contributed by atoms with E-state index in [9.17, 15) is 13.6 Å². The van der Waals surface area contributed by atoms with E-state index in [0.717, 1.165) is 9.75 Å². The minimum atomic E-state index is -2.89. The van der Waals surface area contributed by atoms with Crippen molar-refractivity contribution in [1.29, 1.82) is 0 Å². The first kappa shape index (κ1) is 21.1. The molecule has 0 aliphatic rings. The van der Waals surface area contributed by atoms with Crippen molar-refractivity contribution in [3.63, 3.8) is 0 Å². The minimum absolute atomic E-state index is 0.0471. The lowest BCUT2D eigenvalue weighted by Gasteiger charge is -2.20. The molecule has 0 aliphatic carbocycles. The number of rotatable bonds is 8. The Bertz CT molecular complexity index is 1090. The van der Waals surface area contributed by atoms with Crippen molar-refractivity contribution in [3.8, 4) is 11.4 Å². The molecule has 3 heterocycles. The van der Waals surface area contributed by atoms with Crippen LogP contribution in [0.15, 0.2) is 59.3 Å². The summed E-state index contributed by atoms with van der Waals surface area (Å²) in [6.45, 7) is -0.188. The van der Waals surface area contributed by atoms with Crippen molar-refractivity contribution >= 4 is 28.6 Å². The van der Waals surface area contributed by atoms with E-state index in [-0.39, 0.29) is 17.4 Å². The SMILES string of the molecule is Cc1c(C(=O)N(Cc2cccs2)Cc2cccs2)nnn1-c1ccc(OC(F)F)cc1. The molecule has 0 unspecified atom stereocenters. The van der Waals surface area contributed by atoms with Crippen LogP contribution >= 0.6 is 22.7 Å². The highest BCUT2D eigenvalue weighted by molar-refractivity contribution is 7.10. The summed E-state index contributed by atoms with van der Waals surface area (Å²) in [6, 6.07) is 13.9. The number of halogens is 2. The quantitative estimate of drug-likeness (QED) is 0.365. The molecule has 0 aliphatic heterocycles. The molecule has 0 saturated carbocycles. The maximum atomic E-state index is 13.4. The highest BCUT2D eigenvalue weighted by atomic mass is 32.1. The molecule has 31 heavy (non-hydrogen) atoms. The molecule has 0 spiro atoms. The van der Waals surface area contributed by atoms with E-state index in [1.54, 1.807) is 46.6 Å². The average molecular weight is 461 g/mol. The maximum Gasteiger partial charge on any atom is 0.387 e. The molecule has 0 saturated heterocycles. The molecule has 0 atom stereocenters. The zero-order valence-corrected chi connectivity index (χ0v) is 18.1. The second-order valence-electron chi connectivity index (χ2n) is 6.63. The molecule has 160 valence electrons. The lowest BCUT2D eigenvalue weighted by atomic mass is 10.2. The summed E-state index contributed by atoms with van der Waals surface area (Å²) in [5.74, 6) is -0.172. The largest absolute Gasteiger partial charge is 0.435 e. The molecule has 0 fully saturated rings. The van der Waals surface area contributed by atoms with Gasteiger partial charge in [-0.05, 0) is 54.1 Å². The van der Waals surface area contributed by atoms with Gasteiger partial charge in [0.1, 0.15) is 5.75 Å². The van der Waals surface area contributed by atoms with Crippen molar-refractivity contribution in [2.45, 2.75) is 26.6 Å². The number of hydrogen-bond acceptors (Lipinski definition) is 6. The topological polar surface area (TPSA) is 60.2 Å². The van der Waals surface area contributed by atoms with Crippen molar-refractivity contribution in [2.75, 3.05) is 0 Å². The highest BCUT2D eigenvalue weighted by Crippen LogP contribution is 2.22. The normalized spacial score (nSPS) is 11.1. The Morgan fingerprint density at radius 1 is 1.06 bits per heavy atom. The number of ether oxygens (including phenoxy) is 1. The minimum Gasteiger partial charge on any atom is -0.435 e. The van der Waals surface area contributed by atoms with Gasteiger partial charge < -0.3 is 9.64 Å². The second-order valence-corrected chi connectivity index (χ2v) is 8.69. The predicted molar refractivity (Wildman–Crippen MR) is 115 cm³/mol. The number of carbonyl (C=O) groups excluding carboxylic acids is 1. The van der Waals surface area contributed by atoms with Crippen molar-refractivity contribution in [2.24, 2.45) is 0 Å². The van der Waals surface area contributed by atoms with Gasteiger partial charge in [0.2, 0.25) is 0 Å². The fourth-order valence-electron chi connectivity index (χ4n) is 3.07. The maximum absolute atomic E-state index is 13.4. The van der Waals surface area contributed by atoms with Crippen LogP contribution in [0.5, 0.6) is 5.75 Å². The van der Waals surface area contributed by atoms with Gasteiger partial charge in [-0.15, -0.1) is 27.8 Å². The molecule has 3 aromatic heterocycles. The first-order chi connectivity index (χ1) is 15.0. The van der Waals surface area contributed by atoms with Crippen LogP contribution in [0.3, 0.4) is 0 Å². The average Bonchev–Trinajstić information content (AvgIpc) is 3.50. The van der Waals surface area contributed by atoms with E-state index in [1.807, 2.05) is 35.0 Å². The third-order valence-corrected chi connectivity index (χ3v) is 6.27. The van der Waals surface area contributed by atoms with Crippen LogP contribution in [-0.2, 0) is 13.1 Å². The van der Waals surface area contributed by atoms with Gasteiger partial charge in [0.15, 0.2) is 5.69 Å². The molecule has 10 heteroatoms. The molecular weight excluding hydrogens is 442 g/mol. The highest BCUT2D eigenvalue weighted by Gasteiger charge is 2.24. The smallest absolute Gasteiger partial charge is 0.387 e. The Balaban J connectivity index is 1.58. The molecule has 4 rings (SSSR count). The molecular formula is C21H18F2N4O2S2. The van der Waals surface area contributed by atoms with Crippen LogP contribution in [-0.4, -0.2) is 32.4 Å². The van der Waals surface area contributed by atoms with Gasteiger partial charge in [0, 0.05) is 9.75 Å². The fraction of sp³-hybridized carbons (Fsp3) is 0.190. The van der Waals surface area contributed by atoms with Crippen LogP contribution in [0, 0.1) is 6.92 Å². The number of thiophene rings is 2. The Morgan fingerprint density at radius 3 is 2.19 bits per heavy atom. The monoisotopic (exact) mass is 460 g/mol. The van der Waals surface area contributed by atoms with Gasteiger partial charge in [-0.25, -0.2) is 4.68 Å². The summed E-state index contributed by atoms with van der Waals surface area (Å²) in [4.78, 5) is 17.3. The van der Waals surface area contributed by atoms with Crippen LogP contribution < -0.4 is 4.74 Å². The first-order valence-corrected chi connectivity index (χ1v) is 11.1. The summed E-state index contributed by atoms with van der Waals surface area (Å²) >= 11 is 3.18. The second kappa shape index (κ2) is 9.36. The van der Waals surface area contributed by atoms with Crippen LogP contribution in [0.1, 0.15) is 25.9 Å². The van der Waals surface area contributed by atoms with Gasteiger partial charge in [-0.3, -0.25) is 4.79 Å². The van der Waals surface area contributed by atoms with E-state index in [2.05, 4.69) is 15.0 Å². The standard InChI is InChI=1S/C21H18F2N4O2S2/c1-14-19(24-25-27(14)15-6-8-16(9-7-15)29-21(22)23)20(28)26(12-17-4-2-10-30-17)13-18-5-3-11-31-18/h2-11,21H,12-13H2,1H3. The summed E-state index contributed by atoms with van der Waals surface area (Å²) < 4.78 is 30.6. The van der Waals surface area contributed by atoms with Crippen molar-refractivity contribution < 1.29 is 18.3 Å². The number of alkyl halides is 2. The van der Waals surface area contributed by atoms with Crippen LogP contribution in [0.2, 0.25) is 0 Å². The van der Waals surface area contributed by atoms with E-state index in [0.29, 0.717) is 24.5 Å². The molecule has 1 amide bonds. The molecule has 4 aromatic rings. The third-order valence-electron chi connectivity index (χ3n) is 4.54. The van der Waals surface area contributed by atoms with E-state index < -0.39 is 6.61 Å². The van der Waals surface area contributed by atoms with Crippen molar-refractivity contribution in [3.05, 3.63) is 80.4 Å². The zero-order valence-electron chi connectivity index (χ0n) is 16.4. The van der Waals surface area contributed by atoms with Gasteiger partial charge in [0.25, 0.3) is 5.91 Å². The molecule has 0 radical (unpaired) electrons. The van der Waals surface area contributed by atoms with Crippen LogP contribution in [0.25, 0.3) is 5.69 Å². The van der Waals surface area contributed by atoms with Crippen LogP contribution in [0.4, 0.5) is 8.78 Å². The van der Waals surface area contributed by atoms with Gasteiger partial charge >= 0.3 is 6.61 Å². The zero-order chi connectivity index (χ0) is 21.8. The number of benzene rings is 1. The van der Waals surface area contributed by atoms with Crippen molar-refractivity contribution in [1.82, 2.24) is 19.9 Å². The summed E-state index contributed by atoms with van der Waals surface area (Å²) in [5, 5.41) is 12.2. The van der Waals surface area contributed by atoms with E-state index in [1.165, 1.54) is 16.8 Å². The van der Waals surface area contributed by atoms with Gasteiger partial charge in [0.05, 0.1) is 24.5 Å². The summed E-state index contributed by atoms with van der Waals surface area (Å²) in [5.41, 5.74) is 1.41. The Kier molecular flexibility index (Phi) is 6.38. The Hall–Kier alpha value is -3.11. The first-order valence-electron chi connectivity index (χ1n) is 9.33. The Labute approximate surface area is 185 Å². The number of nitrogens with zero attached hydrogens (tertiary/aromatic N) is 4. The number of aromatic nitrogens is 3. The molecule has 6 nitrogen and oxygen atoms in total. The summed E-state index contributed by atoms with van der Waals surface area (Å²) in [7, 11) is 0. The molecule has 0 bridgehead atoms. The Morgan fingerprint density at radius 2 is 1.68 bits per heavy atom. The third kappa shape index (κ3) is 4.97. The van der Waals surface area contributed by atoms with E-state index in [4.69, 9.17) is 0 Å². The predicted octanol–water partition coefficient (Wildman–Crippen LogP) is 5.14. The molecule has 0 N–H and O–H groups in total. The fourth-order valence-corrected chi connectivity index (χ4v) is 4.51.